The van der Waals surface area contributed by atoms with E-state index < -0.39 is 0 Å². The first-order chi connectivity index (χ1) is 4.26. The highest BCUT2D eigenvalue weighted by molar-refractivity contribution is 4.99. The van der Waals surface area contributed by atoms with E-state index in [1.807, 2.05) is 0 Å². The molecule has 2 N–H and O–H groups in total. The smallest absolute Gasteiger partial charge is 0.0690 e. The lowest BCUT2D eigenvalue weighted by Crippen LogP contribution is -2.27. The molecule has 0 spiro atoms. The van der Waals surface area contributed by atoms with Gasteiger partial charge in [-0.05, 0) is 5.92 Å². The van der Waals surface area contributed by atoms with Crippen molar-refractivity contribution >= 4 is 0 Å². The van der Waals surface area contributed by atoms with E-state index >= 15 is 0 Å². The van der Waals surface area contributed by atoms with Gasteiger partial charge in [0.2, 0.25) is 0 Å². The van der Waals surface area contributed by atoms with Crippen LogP contribution in [-0.2, 0) is 0 Å². The predicted molar refractivity (Wildman–Crippen MR) is 40.9 cm³/mol. The lowest BCUT2D eigenvalue weighted by molar-refractivity contribution is 0.453. The van der Waals surface area contributed by atoms with Gasteiger partial charge in [-0.15, -0.1) is 6.42 Å². The minimum absolute atomic E-state index is 0.0417. The molecule has 0 radical (unpaired) electrons. The summed E-state index contributed by atoms with van der Waals surface area (Å²) in [6.45, 7) is 4.23. The fourth-order valence-corrected chi connectivity index (χ4v) is 0.933. The zero-order chi connectivity index (χ0) is 7.28. The first-order valence-corrected chi connectivity index (χ1v) is 3.47. The molecule has 0 aromatic rings. The lowest BCUT2D eigenvalue weighted by atomic mass is 9.96. The molecule has 9 heavy (non-hydrogen) atoms. The first kappa shape index (κ1) is 8.52. The van der Waals surface area contributed by atoms with Crippen LogP contribution in [0.1, 0.15) is 26.7 Å². The zero-order valence-electron chi connectivity index (χ0n) is 6.22. The summed E-state index contributed by atoms with van der Waals surface area (Å²) < 4.78 is 0. The third-order valence-electron chi connectivity index (χ3n) is 1.75. The van der Waals surface area contributed by atoms with Crippen LogP contribution in [0.4, 0.5) is 0 Å². The van der Waals surface area contributed by atoms with E-state index in [-0.39, 0.29) is 6.04 Å². The van der Waals surface area contributed by atoms with Crippen molar-refractivity contribution in [3.8, 4) is 12.3 Å². The van der Waals surface area contributed by atoms with Crippen molar-refractivity contribution in [2.24, 2.45) is 11.7 Å². The van der Waals surface area contributed by atoms with Gasteiger partial charge in [-0.1, -0.05) is 32.6 Å². The van der Waals surface area contributed by atoms with E-state index in [4.69, 9.17) is 12.2 Å². The molecule has 0 rings (SSSR count). The molecule has 0 saturated carbocycles. The zero-order valence-corrected chi connectivity index (χ0v) is 6.22. The Morgan fingerprint density at radius 2 is 1.89 bits per heavy atom. The molecule has 0 amide bonds. The summed E-state index contributed by atoms with van der Waals surface area (Å²) >= 11 is 0. The summed E-state index contributed by atoms with van der Waals surface area (Å²) in [7, 11) is 0. The number of rotatable bonds is 3. The van der Waals surface area contributed by atoms with Crippen LogP contribution >= 0.6 is 0 Å². The summed E-state index contributed by atoms with van der Waals surface area (Å²) in [5, 5.41) is 0. The maximum absolute atomic E-state index is 5.60. The van der Waals surface area contributed by atoms with E-state index in [2.05, 4.69) is 19.8 Å². The van der Waals surface area contributed by atoms with Crippen LogP contribution in [0.3, 0.4) is 0 Å². The van der Waals surface area contributed by atoms with Gasteiger partial charge >= 0.3 is 0 Å². The number of terminal acetylenes is 1. The molecule has 0 saturated heterocycles. The summed E-state index contributed by atoms with van der Waals surface area (Å²) in [6, 6.07) is -0.0417. The second-order valence-corrected chi connectivity index (χ2v) is 2.27. The molecular weight excluding hydrogens is 110 g/mol. The van der Waals surface area contributed by atoms with Crippen LogP contribution in [0.2, 0.25) is 0 Å². The highest BCUT2D eigenvalue weighted by Crippen LogP contribution is 2.09. The van der Waals surface area contributed by atoms with Crippen molar-refractivity contribution in [1.29, 1.82) is 0 Å². The molecule has 1 heteroatoms. The fraction of sp³-hybridized carbons (Fsp3) is 0.750. The predicted octanol–water partition coefficient (Wildman–Crippen LogP) is 1.38. The van der Waals surface area contributed by atoms with Crippen LogP contribution in [0, 0.1) is 18.3 Å². The minimum Gasteiger partial charge on any atom is -0.317 e. The second-order valence-electron chi connectivity index (χ2n) is 2.27. The molecule has 0 fully saturated rings. The van der Waals surface area contributed by atoms with E-state index in [0.717, 1.165) is 12.8 Å². The first-order valence-electron chi connectivity index (χ1n) is 3.47. The molecule has 0 heterocycles. The Hall–Kier alpha value is -0.480. The van der Waals surface area contributed by atoms with Crippen LogP contribution in [0.5, 0.6) is 0 Å². The van der Waals surface area contributed by atoms with E-state index in [0.29, 0.717) is 5.92 Å². The monoisotopic (exact) mass is 125 g/mol. The van der Waals surface area contributed by atoms with Crippen molar-refractivity contribution in [3.63, 3.8) is 0 Å². The Bertz CT molecular complexity index is 97.6. The Balaban J connectivity index is 3.67. The van der Waals surface area contributed by atoms with E-state index in [1.54, 1.807) is 0 Å². The maximum Gasteiger partial charge on any atom is 0.0690 e. The summed E-state index contributed by atoms with van der Waals surface area (Å²) in [6.07, 6.45) is 7.32. The van der Waals surface area contributed by atoms with Gasteiger partial charge in [0, 0.05) is 0 Å². The highest BCUT2D eigenvalue weighted by atomic mass is 14.6. The van der Waals surface area contributed by atoms with Crippen LogP contribution in [0.25, 0.3) is 0 Å². The molecule has 1 atom stereocenters. The van der Waals surface area contributed by atoms with E-state index in [1.165, 1.54) is 0 Å². The van der Waals surface area contributed by atoms with Crippen LogP contribution in [0.15, 0.2) is 0 Å². The number of nitrogens with two attached hydrogens (primary N) is 1. The largest absolute Gasteiger partial charge is 0.317 e. The summed E-state index contributed by atoms with van der Waals surface area (Å²) in [5.74, 6) is 3.05. The average molecular weight is 125 g/mol. The summed E-state index contributed by atoms with van der Waals surface area (Å²) in [4.78, 5) is 0. The van der Waals surface area contributed by atoms with Gasteiger partial charge in [-0.25, -0.2) is 0 Å². The highest BCUT2D eigenvalue weighted by Gasteiger charge is 2.09. The van der Waals surface area contributed by atoms with Gasteiger partial charge in [-0.2, -0.15) is 0 Å². The van der Waals surface area contributed by atoms with Crippen molar-refractivity contribution < 1.29 is 0 Å². The number of hydrogen-bond donors (Lipinski definition) is 1. The molecule has 52 valence electrons. The normalized spacial score (nSPS) is 13.2. The minimum atomic E-state index is -0.0417. The molecule has 0 unspecified atom stereocenters. The maximum atomic E-state index is 5.60. The Morgan fingerprint density at radius 3 is 2.00 bits per heavy atom. The Labute approximate surface area is 57.6 Å². The second kappa shape index (κ2) is 4.40. The SMILES string of the molecule is C#C[C@@H](N)C(CC)CC. The number of hydrogen-bond acceptors (Lipinski definition) is 1. The molecule has 0 aromatic carbocycles. The third-order valence-corrected chi connectivity index (χ3v) is 1.75. The standard InChI is InChI=1S/C8H15N/c1-4-7(5-2)8(9)6-3/h3,7-8H,4-5,9H2,1-2H3/t8-/m1/s1. The fourth-order valence-electron chi connectivity index (χ4n) is 0.933. The van der Waals surface area contributed by atoms with Gasteiger partial charge in [0.05, 0.1) is 6.04 Å². The van der Waals surface area contributed by atoms with Crippen LogP contribution in [-0.4, -0.2) is 6.04 Å². The van der Waals surface area contributed by atoms with Crippen molar-refractivity contribution in [3.05, 3.63) is 0 Å². The molecule has 0 bridgehead atoms. The molecule has 0 aliphatic heterocycles. The molecule has 0 aromatic heterocycles. The van der Waals surface area contributed by atoms with Gasteiger partial charge < -0.3 is 5.73 Å². The molecule has 0 aliphatic carbocycles. The average Bonchev–Trinajstić information content (AvgIpc) is 1.90. The summed E-state index contributed by atoms with van der Waals surface area (Å²) in [5.41, 5.74) is 5.60. The molecule has 1 nitrogen and oxygen atoms in total. The van der Waals surface area contributed by atoms with Crippen LogP contribution < -0.4 is 5.73 Å². The molecule has 0 aliphatic rings. The topological polar surface area (TPSA) is 26.0 Å². The van der Waals surface area contributed by atoms with Crippen molar-refractivity contribution in [1.82, 2.24) is 0 Å². The quantitative estimate of drug-likeness (QED) is 0.567. The van der Waals surface area contributed by atoms with Gasteiger partial charge in [-0.3, -0.25) is 0 Å². The molecular formula is C8H15N. The Kier molecular flexibility index (Phi) is 4.17. The van der Waals surface area contributed by atoms with Gasteiger partial charge in [0.25, 0.3) is 0 Å². The Morgan fingerprint density at radius 1 is 1.44 bits per heavy atom. The lowest BCUT2D eigenvalue weighted by Gasteiger charge is -2.14. The van der Waals surface area contributed by atoms with E-state index in [9.17, 15) is 0 Å². The van der Waals surface area contributed by atoms with Gasteiger partial charge in [0.15, 0.2) is 0 Å². The third kappa shape index (κ3) is 2.53. The van der Waals surface area contributed by atoms with Crippen molar-refractivity contribution in [2.45, 2.75) is 32.7 Å². The van der Waals surface area contributed by atoms with Crippen molar-refractivity contribution in [2.75, 3.05) is 0 Å². The van der Waals surface area contributed by atoms with Gasteiger partial charge in [0.1, 0.15) is 0 Å².